The Morgan fingerprint density at radius 1 is 1.07 bits per heavy atom. The molecule has 2 aliphatic heterocycles. The molecule has 2 aromatic rings. The van der Waals surface area contributed by atoms with Crippen LogP contribution in [-0.2, 0) is 12.7 Å². The molecule has 6 heteroatoms. The lowest BCUT2D eigenvalue weighted by Gasteiger charge is -2.38. The number of ketones is 1. The molecule has 0 aromatic heterocycles. The third kappa shape index (κ3) is 4.06. The van der Waals surface area contributed by atoms with Crippen LogP contribution >= 0.6 is 0 Å². The molecule has 2 saturated heterocycles. The van der Waals surface area contributed by atoms with Crippen LogP contribution < -0.4 is 0 Å². The number of benzene rings is 2. The predicted molar refractivity (Wildman–Crippen MR) is 102 cm³/mol. The Kier molecular flexibility index (Phi) is 5.18. The third-order valence-electron chi connectivity index (χ3n) is 6.14. The number of nitrogens with zero attached hydrogens (tertiary/aromatic N) is 2. The summed E-state index contributed by atoms with van der Waals surface area (Å²) in [6, 6.07) is 15.4. The third-order valence-corrected chi connectivity index (χ3v) is 6.14. The first-order chi connectivity index (χ1) is 13.8. The van der Waals surface area contributed by atoms with Gasteiger partial charge in [-0.1, -0.05) is 30.3 Å². The summed E-state index contributed by atoms with van der Waals surface area (Å²) in [4.78, 5) is 15.5. The number of fused-ring (bicyclic) bond motifs is 2. The Hall–Kier alpha value is -2.65. The SMILES string of the molecule is N#Cc1cc(C(=O)C2CC3CCC(C2)N3Cc2ccccc2)cc(C(F)(F)F)c1. The number of nitriles is 1. The fraction of sp³-hybridized carbons (Fsp3) is 0.391. The molecule has 2 fully saturated rings. The summed E-state index contributed by atoms with van der Waals surface area (Å²) in [5.41, 5.74) is 0.153. The molecule has 2 heterocycles. The molecule has 0 aliphatic carbocycles. The van der Waals surface area contributed by atoms with E-state index in [4.69, 9.17) is 5.26 Å². The highest BCUT2D eigenvalue weighted by atomic mass is 19.4. The summed E-state index contributed by atoms with van der Waals surface area (Å²) in [7, 11) is 0. The lowest BCUT2D eigenvalue weighted by atomic mass is 9.84. The smallest absolute Gasteiger partial charge is 0.294 e. The number of hydrogen-bond donors (Lipinski definition) is 0. The molecule has 0 radical (unpaired) electrons. The van der Waals surface area contributed by atoms with Crippen LogP contribution in [-0.4, -0.2) is 22.8 Å². The number of Topliss-reactive ketones (excluding diaryl/α,β-unsaturated/α-hetero) is 1. The quantitative estimate of drug-likeness (QED) is 0.665. The minimum absolute atomic E-state index is 0.00251. The largest absolute Gasteiger partial charge is 0.416 e. The van der Waals surface area contributed by atoms with E-state index in [0.717, 1.165) is 31.5 Å². The summed E-state index contributed by atoms with van der Waals surface area (Å²) < 4.78 is 39.5. The molecule has 2 aromatic carbocycles. The van der Waals surface area contributed by atoms with Crippen LogP contribution in [0.1, 0.15) is 52.7 Å². The first kappa shape index (κ1) is 19.7. The van der Waals surface area contributed by atoms with E-state index in [1.165, 1.54) is 11.6 Å². The van der Waals surface area contributed by atoms with Crippen molar-refractivity contribution in [3.63, 3.8) is 0 Å². The summed E-state index contributed by atoms with van der Waals surface area (Å²) in [6.45, 7) is 0.833. The van der Waals surface area contributed by atoms with E-state index in [1.54, 1.807) is 6.07 Å². The zero-order valence-corrected chi connectivity index (χ0v) is 15.8. The van der Waals surface area contributed by atoms with Crippen LogP contribution in [0, 0.1) is 17.2 Å². The molecule has 0 N–H and O–H groups in total. The summed E-state index contributed by atoms with van der Waals surface area (Å²) >= 11 is 0. The molecule has 0 spiro atoms. The van der Waals surface area contributed by atoms with E-state index in [2.05, 4.69) is 17.0 Å². The van der Waals surface area contributed by atoms with E-state index in [1.807, 2.05) is 18.2 Å². The van der Waals surface area contributed by atoms with Gasteiger partial charge >= 0.3 is 6.18 Å². The Labute approximate surface area is 167 Å². The number of carbonyl (C=O) groups is 1. The number of rotatable bonds is 4. The van der Waals surface area contributed by atoms with Gasteiger partial charge in [0.15, 0.2) is 5.78 Å². The lowest BCUT2D eigenvalue weighted by Crippen LogP contribution is -2.44. The highest BCUT2D eigenvalue weighted by Crippen LogP contribution is 2.41. The van der Waals surface area contributed by atoms with Crippen molar-refractivity contribution in [2.24, 2.45) is 5.92 Å². The molecule has 29 heavy (non-hydrogen) atoms. The highest BCUT2D eigenvalue weighted by Gasteiger charge is 2.43. The monoisotopic (exact) mass is 398 g/mol. The van der Waals surface area contributed by atoms with Crippen molar-refractivity contribution in [1.29, 1.82) is 5.26 Å². The fourth-order valence-corrected chi connectivity index (χ4v) is 4.77. The number of piperidine rings is 1. The Morgan fingerprint density at radius 3 is 2.31 bits per heavy atom. The van der Waals surface area contributed by atoms with Crippen molar-refractivity contribution in [2.45, 2.75) is 50.5 Å². The van der Waals surface area contributed by atoms with Crippen LogP contribution in [0.3, 0.4) is 0 Å². The topological polar surface area (TPSA) is 44.1 Å². The molecule has 4 rings (SSSR count). The number of carbonyl (C=O) groups excluding carboxylic acids is 1. The molecule has 2 unspecified atom stereocenters. The average Bonchev–Trinajstić information content (AvgIpc) is 2.94. The highest BCUT2D eigenvalue weighted by molar-refractivity contribution is 5.98. The molecule has 3 nitrogen and oxygen atoms in total. The van der Waals surface area contributed by atoms with Gasteiger partial charge in [0.25, 0.3) is 0 Å². The Balaban J connectivity index is 1.53. The Bertz CT molecular complexity index is 935. The maximum Gasteiger partial charge on any atom is 0.416 e. The van der Waals surface area contributed by atoms with Crippen molar-refractivity contribution in [3.8, 4) is 6.07 Å². The molecule has 0 saturated carbocycles. The van der Waals surface area contributed by atoms with Crippen LogP contribution in [0.4, 0.5) is 13.2 Å². The second-order valence-corrected chi connectivity index (χ2v) is 7.98. The van der Waals surface area contributed by atoms with E-state index in [9.17, 15) is 18.0 Å². The molecule has 2 bridgehead atoms. The van der Waals surface area contributed by atoms with Crippen LogP contribution in [0.5, 0.6) is 0 Å². The van der Waals surface area contributed by atoms with Gasteiger partial charge in [-0.3, -0.25) is 9.69 Å². The minimum Gasteiger partial charge on any atom is -0.294 e. The molecule has 2 aliphatic rings. The molecule has 150 valence electrons. The van der Waals surface area contributed by atoms with Gasteiger partial charge in [-0.2, -0.15) is 18.4 Å². The Morgan fingerprint density at radius 2 is 1.72 bits per heavy atom. The van der Waals surface area contributed by atoms with Crippen molar-refractivity contribution in [3.05, 3.63) is 70.8 Å². The summed E-state index contributed by atoms with van der Waals surface area (Å²) in [6.07, 6.45) is -1.26. The molecular formula is C23H21F3N2O. The first-order valence-corrected chi connectivity index (χ1v) is 9.81. The maximum atomic E-state index is 13.2. The first-order valence-electron chi connectivity index (χ1n) is 9.81. The zero-order valence-electron chi connectivity index (χ0n) is 15.8. The van der Waals surface area contributed by atoms with Crippen molar-refractivity contribution in [1.82, 2.24) is 4.90 Å². The van der Waals surface area contributed by atoms with E-state index in [0.29, 0.717) is 12.8 Å². The number of halogens is 3. The van der Waals surface area contributed by atoms with E-state index < -0.39 is 11.7 Å². The van der Waals surface area contributed by atoms with Crippen molar-refractivity contribution in [2.75, 3.05) is 0 Å². The normalized spacial score (nSPS) is 24.3. The van der Waals surface area contributed by atoms with Crippen LogP contribution in [0.2, 0.25) is 0 Å². The van der Waals surface area contributed by atoms with Crippen molar-refractivity contribution >= 4 is 5.78 Å². The van der Waals surface area contributed by atoms with Gasteiger partial charge in [-0.25, -0.2) is 0 Å². The predicted octanol–water partition coefficient (Wildman–Crippen LogP) is 5.20. The van der Waals surface area contributed by atoms with E-state index >= 15 is 0 Å². The van der Waals surface area contributed by atoms with Crippen LogP contribution in [0.15, 0.2) is 48.5 Å². The second kappa shape index (κ2) is 7.64. The van der Waals surface area contributed by atoms with Gasteiger partial charge in [-0.05, 0) is 49.4 Å². The number of alkyl halides is 3. The van der Waals surface area contributed by atoms with E-state index in [-0.39, 0.29) is 34.9 Å². The average molecular weight is 398 g/mol. The fourth-order valence-electron chi connectivity index (χ4n) is 4.77. The minimum atomic E-state index is -4.58. The molecule has 2 atom stereocenters. The molecular weight excluding hydrogens is 377 g/mol. The van der Waals surface area contributed by atoms with Gasteiger partial charge in [0, 0.05) is 30.1 Å². The lowest BCUT2D eigenvalue weighted by molar-refractivity contribution is -0.137. The standard InChI is InChI=1S/C23H21F3N2O/c24-23(25,26)19-9-16(13-27)8-17(10-19)22(29)18-11-20-6-7-21(12-18)28(20)14-15-4-2-1-3-5-15/h1-5,8-10,18,20-21H,6-7,11-12,14H2. The molecule has 0 amide bonds. The van der Waals surface area contributed by atoms with Gasteiger partial charge in [0.1, 0.15) is 0 Å². The second-order valence-electron chi connectivity index (χ2n) is 7.98. The summed E-state index contributed by atoms with van der Waals surface area (Å²) in [5.74, 6) is -0.571. The van der Waals surface area contributed by atoms with Crippen LogP contribution in [0.25, 0.3) is 0 Å². The maximum absolute atomic E-state index is 13.2. The zero-order chi connectivity index (χ0) is 20.6. The number of hydrogen-bond acceptors (Lipinski definition) is 3. The van der Waals surface area contributed by atoms with Crippen molar-refractivity contribution < 1.29 is 18.0 Å². The van der Waals surface area contributed by atoms with Gasteiger partial charge in [0.2, 0.25) is 0 Å². The van der Waals surface area contributed by atoms with Gasteiger partial charge in [-0.15, -0.1) is 0 Å². The van der Waals surface area contributed by atoms with Gasteiger partial charge < -0.3 is 0 Å². The van der Waals surface area contributed by atoms with Gasteiger partial charge in [0.05, 0.1) is 17.2 Å². The summed E-state index contributed by atoms with van der Waals surface area (Å²) in [5, 5.41) is 9.08.